The van der Waals surface area contributed by atoms with Crippen LogP contribution in [0.2, 0.25) is 0 Å². The number of carbonyl (C=O) groups excluding carboxylic acids is 3. The van der Waals surface area contributed by atoms with Crippen molar-refractivity contribution in [2.24, 2.45) is 0 Å². The van der Waals surface area contributed by atoms with E-state index in [1.807, 2.05) is 0 Å². The average molecular weight is 1070 g/mol. The summed E-state index contributed by atoms with van der Waals surface area (Å²) in [7, 11) is 0. The maximum absolute atomic E-state index is 12.9. The summed E-state index contributed by atoms with van der Waals surface area (Å²) in [5.41, 5.74) is 0. The van der Waals surface area contributed by atoms with Crippen LogP contribution in [0, 0.1) is 0 Å². The SMILES string of the molecule is CC/C=C\C/C=C\C/C=C\C/C=C\C/C=C\C/C=C\CCCCCCCCCCC(=O)OCC(COC(=O)CCCCCCC/C=C\CCCCCCC)OC(=O)CCCCCCCCCCCCCCCCCCCC. The van der Waals surface area contributed by atoms with Crippen LogP contribution in [0.1, 0.15) is 329 Å². The Hall–Kier alpha value is -3.41. The third kappa shape index (κ3) is 63.3. The number of esters is 3. The van der Waals surface area contributed by atoms with Crippen molar-refractivity contribution in [3.8, 4) is 0 Å². The normalized spacial score (nSPS) is 12.6. The molecule has 0 aliphatic carbocycles. The molecule has 0 saturated carbocycles. The molecule has 6 nitrogen and oxygen atoms in total. The van der Waals surface area contributed by atoms with Gasteiger partial charge < -0.3 is 14.2 Å². The smallest absolute Gasteiger partial charge is 0.306 e. The third-order valence-electron chi connectivity index (χ3n) is 14.4. The zero-order valence-corrected chi connectivity index (χ0v) is 51.0. The predicted molar refractivity (Wildman–Crippen MR) is 334 cm³/mol. The van der Waals surface area contributed by atoms with Crippen molar-refractivity contribution >= 4 is 17.9 Å². The molecule has 0 radical (unpaired) electrons. The summed E-state index contributed by atoms with van der Waals surface area (Å²) in [6.07, 6.45) is 85.9. The van der Waals surface area contributed by atoms with Crippen LogP contribution in [-0.4, -0.2) is 37.2 Å². The topological polar surface area (TPSA) is 78.9 Å². The van der Waals surface area contributed by atoms with Crippen molar-refractivity contribution in [3.05, 3.63) is 85.1 Å². The highest BCUT2D eigenvalue weighted by atomic mass is 16.6. The Labute approximate surface area is 477 Å². The van der Waals surface area contributed by atoms with E-state index in [0.29, 0.717) is 19.3 Å². The van der Waals surface area contributed by atoms with Gasteiger partial charge in [0.15, 0.2) is 6.10 Å². The standard InChI is InChI=1S/C71H124O6/c1-4-7-10-13-16-19-22-25-28-30-32-33-34-35-36-37-38-39-40-42-43-46-49-52-55-58-61-64-70(73)76-67-68(66-75-69(72)63-60-57-54-51-48-45-27-24-21-18-15-12-9-6-3)77-71(74)65-62-59-56-53-50-47-44-41-31-29-26-23-20-17-14-11-8-5-2/h7,10,16,19,24-25,27-28,32-33,35-36,38-39,68H,4-6,8-9,11-15,17-18,20-23,26,29-31,34,37,40-67H2,1-3H3/b10-7-,19-16-,27-24-,28-25-,33-32-,36-35-,39-38-. The molecule has 444 valence electrons. The molecule has 0 heterocycles. The molecule has 0 N–H and O–H groups in total. The van der Waals surface area contributed by atoms with Crippen LogP contribution >= 0.6 is 0 Å². The van der Waals surface area contributed by atoms with E-state index < -0.39 is 6.10 Å². The first-order valence-corrected chi connectivity index (χ1v) is 33.1. The molecule has 0 aromatic carbocycles. The van der Waals surface area contributed by atoms with E-state index in [-0.39, 0.29) is 31.1 Å². The lowest BCUT2D eigenvalue weighted by atomic mass is 10.0. The van der Waals surface area contributed by atoms with Gasteiger partial charge in [0.1, 0.15) is 13.2 Å². The lowest BCUT2D eigenvalue weighted by Crippen LogP contribution is -2.30. The summed E-state index contributed by atoms with van der Waals surface area (Å²) in [4.78, 5) is 38.3. The average Bonchev–Trinajstić information content (AvgIpc) is 3.43. The van der Waals surface area contributed by atoms with E-state index in [4.69, 9.17) is 14.2 Å². The van der Waals surface area contributed by atoms with Gasteiger partial charge in [0.05, 0.1) is 0 Å². The second-order valence-corrected chi connectivity index (χ2v) is 22.0. The molecule has 0 aliphatic heterocycles. The number of allylic oxidation sites excluding steroid dienone is 14. The van der Waals surface area contributed by atoms with Gasteiger partial charge in [-0.25, -0.2) is 0 Å². The first kappa shape index (κ1) is 73.6. The molecule has 0 saturated heterocycles. The summed E-state index contributed by atoms with van der Waals surface area (Å²) >= 11 is 0. The highest BCUT2D eigenvalue weighted by Crippen LogP contribution is 2.17. The highest BCUT2D eigenvalue weighted by Gasteiger charge is 2.19. The Kier molecular flexibility index (Phi) is 62.2. The lowest BCUT2D eigenvalue weighted by Gasteiger charge is -2.18. The Morgan fingerprint density at radius 2 is 0.506 bits per heavy atom. The van der Waals surface area contributed by atoms with Crippen LogP contribution in [0.5, 0.6) is 0 Å². The number of carbonyl (C=O) groups is 3. The fourth-order valence-electron chi connectivity index (χ4n) is 9.44. The number of rotatable bonds is 60. The maximum atomic E-state index is 12.9. The number of ether oxygens (including phenoxy) is 3. The van der Waals surface area contributed by atoms with Gasteiger partial charge in [-0.1, -0.05) is 298 Å². The van der Waals surface area contributed by atoms with E-state index >= 15 is 0 Å². The van der Waals surface area contributed by atoms with E-state index in [2.05, 4.69) is 106 Å². The minimum Gasteiger partial charge on any atom is -0.462 e. The van der Waals surface area contributed by atoms with Crippen LogP contribution in [-0.2, 0) is 28.6 Å². The number of unbranched alkanes of at least 4 members (excludes halogenated alkanes) is 35. The van der Waals surface area contributed by atoms with Gasteiger partial charge in [0.2, 0.25) is 0 Å². The molecule has 1 unspecified atom stereocenters. The molecule has 0 bridgehead atoms. The van der Waals surface area contributed by atoms with E-state index in [1.165, 1.54) is 180 Å². The van der Waals surface area contributed by atoms with Gasteiger partial charge in [-0.05, 0) is 96.3 Å². The molecular weight excluding hydrogens is 949 g/mol. The molecule has 0 spiro atoms. The fourth-order valence-corrected chi connectivity index (χ4v) is 9.44. The van der Waals surface area contributed by atoms with E-state index in [1.54, 1.807) is 0 Å². The molecule has 0 amide bonds. The van der Waals surface area contributed by atoms with Crippen molar-refractivity contribution < 1.29 is 28.6 Å². The van der Waals surface area contributed by atoms with Crippen LogP contribution in [0.3, 0.4) is 0 Å². The summed E-state index contributed by atoms with van der Waals surface area (Å²) in [5, 5.41) is 0. The quantitative estimate of drug-likeness (QED) is 0.0261. The second-order valence-electron chi connectivity index (χ2n) is 22.0. The van der Waals surface area contributed by atoms with Crippen LogP contribution < -0.4 is 0 Å². The number of hydrogen-bond donors (Lipinski definition) is 0. The van der Waals surface area contributed by atoms with Gasteiger partial charge in [0, 0.05) is 19.3 Å². The monoisotopic (exact) mass is 1070 g/mol. The Morgan fingerprint density at radius 1 is 0.273 bits per heavy atom. The molecule has 0 rings (SSSR count). The van der Waals surface area contributed by atoms with Gasteiger partial charge in [-0.2, -0.15) is 0 Å². The first-order chi connectivity index (χ1) is 38.0. The fraction of sp³-hybridized carbons (Fsp3) is 0.761. The first-order valence-electron chi connectivity index (χ1n) is 33.1. The van der Waals surface area contributed by atoms with Crippen molar-refractivity contribution in [3.63, 3.8) is 0 Å². The van der Waals surface area contributed by atoms with Crippen molar-refractivity contribution in [1.82, 2.24) is 0 Å². The van der Waals surface area contributed by atoms with Crippen molar-refractivity contribution in [1.29, 1.82) is 0 Å². The lowest BCUT2D eigenvalue weighted by molar-refractivity contribution is -0.167. The molecule has 0 aromatic heterocycles. The Balaban J connectivity index is 4.32. The van der Waals surface area contributed by atoms with Gasteiger partial charge in [0.25, 0.3) is 0 Å². The van der Waals surface area contributed by atoms with E-state index in [9.17, 15) is 14.4 Å². The zero-order chi connectivity index (χ0) is 55.7. The molecule has 0 aliphatic rings. The van der Waals surface area contributed by atoms with Gasteiger partial charge >= 0.3 is 17.9 Å². The van der Waals surface area contributed by atoms with E-state index in [0.717, 1.165) is 109 Å². The molecule has 0 fully saturated rings. The zero-order valence-electron chi connectivity index (χ0n) is 51.0. The van der Waals surface area contributed by atoms with Gasteiger partial charge in [-0.3, -0.25) is 14.4 Å². The highest BCUT2D eigenvalue weighted by molar-refractivity contribution is 5.71. The van der Waals surface area contributed by atoms with Gasteiger partial charge in [-0.15, -0.1) is 0 Å². The summed E-state index contributed by atoms with van der Waals surface area (Å²) in [5.74, 6) is -0.880. The molecule has 6 heteroatoms. The minimum atomic E-state index is -0.783. The molecule has 77 heavy (non-hydrogen) atoms. The predicted octanol–water partition coefficient (Wildman–Crippen LogP) is 22.7. The Bertz CT molecular complexity index is 1470. The largest absolute Gasteiger partial charge is 0.462 e. The second kappa shape index (κ2) is 65.1. The third-order valence-corrected chi connectivity index (χ3v) is 14.4. The summed E-state index contributed by atoms with van der Waals surface area (Å²) < 4.78 is 16.9. The maximum Gasteiger partial charge on any atom is 0.306 e. The number of hydrogen-bond acceptors (Lipinski definition) is 6. The molecule has 0 aromatic rings. The summed E-state index contributed by atoms with van der Waals surface area (Å²) in [6.45, 7) is 6.55. The molecular formula is C71H124O6. The summed E-state index contributed by atoms with van der Waals surface area (Å²) in [6, 6.07) is 0. The van der Waals surface area contributed by atoms with Crippen LogP contribution in [0.25, 0.3) is 0 Å². The minimum absolute atomic E-state index is 0.0801. The molecule has 1 atom stereocenters. The van der Waals surface area contributed by atoms with Crippen molar-refractivity contribution in [2.75, 3.05) is 13.2 Å². The van der Waals surface area contributed by atoms with Crippen LogP contribution in [0.4, 0.5) is 0 Å². The van der Waals surface area contributed by atoms with Crippen molar-refractivity contribution in [2.45, 2.75) is 335 Å². The van der Waals surface area contributed by atoms with Crippen LogP contribution in [0.15, 0.2) is 85.1 Å². The Morgan fingerprint density at radius 3 is 0.805 bits per heavy atom.